The quantitative estimate of drug-likeness (QED) is 0.152. The Morgan fingerprint density at radius 1 is 0.246 bits per heavy atom. The van der Waals surface area contributed by atoms with Gasteiger partial charge in [-0.15, -0.1) is 0 Å². The van der Waals surface area contributed by atoms with Crippen LogP contribution in [-0.2, 0) is 5.41 Å². The van der Waals surface area contributed by atoms with Gasteiger partial charge in [-0.1, -0.05) is 249 Å². The molecule has 2 nitrogen and oxygen atoms in total. The summed E-state index contributed by atoms with van der Waals surface area (Å²) in [4.78, 5) is 10.5. The zero-order chi connectivity index (χ0) is 45.7. The summed E-state index contributed by atoms with van der Waals surface area (Å²) in [5, 5.41) is 4.79. The first-order valence-electron chi connectivity index (χ1n) is 23.7. The van der Waals surface area contributed by atoms with Crippen molar-refractivity contribution in [1.82, 2.24) is 9.97 Å². The van der Waals surface area contributed by atoms with Gasteiger partial charge in [-0.3, -0.25) is 0 Å². The molecular weight excluding hydrogens is 833 g/mol. The number of benzene rings is 11. The van der Waals surface area contributed by atoms with Gasteiger partial charge in [0.25, 0.3) is 0 Å². The van der Waals surface area contributed by atoms with E-state index in [9.17, 15) is 0 Å². The van der Waals surface area contributed by atoms with E-state index >= 15 is 0 Å². The SMILES string of the molecule is c1ccc(-c2nc(-c3ccc(-c4cccc5ccccc45)cc3)cc(-c3ccc(-c4cccc(-c5ccc6c(c5)C(c5ccccc5)(c5ccccc5)c5ccccc5-6)c4)c4ccccc34)n2)cc1. The van der Waals surface area contributed by atoms with Crippen molar-refractivity contribution in [2.45, 2.75) is 5.41 Å². The van der Waals surface area contributed by atoms with Gasteiger partial charge in [0.2, 0.25) is 0 Å². The molecule has 69 heavy (non-hydrogen) atoms. The Bertz CT molecular complexity index is 3830. The Kier molecular flexibility index (Phi) is 9.77. The van der Waals surface area contributed by atoms with Crippen LogP contribution >= 0.6 is 0 Å². The van der Waals surface area contributed by atoms with Crippen molar-refractivity contribution in [1.29, 1.82) is 0 Å². The van der Waals surface area contributed by atoms with Crippen molar-refractivity contribution in [3.63, 3.8) is 0 Å². The summed E-state index contributed by atoms with van der Waals surface area (Å²) in [6.07, 6.45) is 0. The number of hydrogen-bond acceptors (Lipinski definition) is 2. The van der Waals surface area contributed by atoms with E-state index in [1.165, 1.54) is 77.4 Å². The molecule has 12 aromatic rings. The Balaban J connectivity index is 0.912. The van der Waals surface area contributed by atoms with Crippen molar-refractivity contribution in [3.05, 3.63) is 289 Å². The number of aromatic nitrogens is 2. The molecule has 0 unspecified atom stereocenters. The lowest BCUT2D eigenvalue weighted by Crippen LogP contribution is -2.28. The average Bonchev–Trinajstić information content (AvgIpc) is 3.73. The normalized spacial score (nSPS) is 12.5. The first-order valence-corrected chi connectivity index (χ1v) is 23.7. The fourth-order valence-corrected chi connectivity index (χ4v) is 11.0. The third kappa shape index (κ3) is 6.80. The summed E-state index contributed by atoms with van der Waals surface area (Å²) in [5.41, 5.74) is 19.2. The minimum atomic E-state index is -0.462. The van der Waals surface area contributed by atoms with Crippen LogP contribution < -0.4 is 0 Å². The van der Waals surface area contributed by atoms with E-state index in [1.807, 2.05) is 18.2 Å². The highest BCUT2D eigenvalue weighted by atomic mass is 14.9. The lowest BCUT2D eigenvalue weighted by atomic mass is 9.67. The molecule has 0 spiro atoms. The molecule has 0 saturated heterocycles. The Labute approximate surface area is 402 Å². The predicted molar refractivity (Wildman–Crippen MR) is 287 cm³/mol. The molecule has 0 N–H and O–H groups in total. The number of rotatable bonds is 8. The number of fused-ring (bicyclic) bond motifs is 5. The maximum absolute atomic E-state index is 5.29. The second kappa shape index (κ2) is 16.7. The maximum Gasteiger partial charge on any atom is 0.160 e. The Hall–Kier alpha value is -8.98. The van der Waals surface area contributed by atoms with Gasteiger partial charge in [-0.2, -0.15) is 0 Å². The largest absolute Gasteiger partial charge is 0.228 e. The monoisotopic (exact) mass is 876 g/mol. The average molecular weight is 877 g/mol. The van der Waals surface area contributed by atoms with Crippen LogP contribution in [0.25, 0.3) is 100.0 Å². The number of nitrogens with zero attached hydrogens (tertiary/aromatic N) is 2. The summed E-state index contributed by atoms with van der Waals surface area (Å²) in [6, 6.07) is 96.7. The smallest absolute Gasteiger partial charge is 0.160 e. The second-order valence-electron chi connectivity index (χ2n) is 18.0. The van der Waals surface area contributed by atoms with Crippen LogP contribution in [0, 0.1) is 0 Å². The first kappa shape index (κ1) is 40.3. The van der Waals surface area contributed by atoms with Crippen LogP contribution in [0.4, 0.5) is 0 Å². The van der Waals surface area contributed by atoms with Crippen LogP contribution in [0.5, 0.6) is 0 Å². The molecule has 0 amide bonds. The molecule has 1 aromatic heterocycles. The molecule has 0 atom stereocenters. The van der Waals surface area contributed by atoms with Crippen molar-refractivity contribution >= 4 is 21.5 Å². The standard InChI is InChI=1S/C67H44N2/c1-4-19-48(20-5-1)66-68-64(47-36-34-46(35-37-47)55-32-17-21-45-18-10-11-28-54(45)55)44-65(69-66)61-41-40-56(57-29-12-13-30-58(57)61)51-23-16-22-49(42-51)50-38-39-60-59-31-14-15-33-62(59)67(63(60)43-50,52-24-6-2-7-25-52)53-26-8-3-9-27-53/h1-44H. The van der Waals surface area contributed by atoms with Crippen molar-refractivity contribution in [2.24, 2.45) is 0 Å². The molecule has 1 heterocycles. The van der Waals surface area contributed by atoms with Gasteiger partial charge in [0.1, 0.15) is 0 Å². The Morgan fingerprint density at radius 2 is 0.725 bits per heavy atom. The molecular formula is C67H44N2. The molecule has 0 bridgehead atoms. The zero-order valence-electron chi connectivity index (χ0n) is 37.8. The molecule has 1 aliphatic carbocycles. The summed E-state index contributed by atoms with van der Waals surface area (Å²) in [5.74, 6) is 0.697. The van der Waals surface area contributed by atoms with Gasteiger partial charge >= 0.3 is 0 Å². The van der Waals surface area contributed by atoms with E-state index in [2.05, 4.69) is 249 Å². The highest BCUT2D eigenvalue weighted by molar-refractivity contribution is 6.05. The van der Waals surface area contributed by atoms with E-state index in [0.717, 1.165) is 39.0 Å². The summed E-state index contributed by atoms with van der Waals surface area (Å²) < 4.78 is 0. The van der Waals surface area contributed by atoms with E-state index in [4.69, 9.17) is 9.97 Å². The van der Waals surface area contributed by atoms with Crippen molar-refractivity contribution in [2.75, 3.05) is 0 Å². The van der Waals surface area contributed by atoms with Crippen LogP contribution in [0.2, 0.25) is 0 Å². The third-order valence-corrected chi connectivity index (χ3v) is 14.2. The molecule has 1 aliphatic rings. The molecule has 322 valence electrons. The molecule has 0 radical (unpaired) electrons. The molecule has 0 aliphatic heterocycles. The minimum Gasteiger partial charge on any atom is -0.228 e. The van der Waals surface area contributed by atoms with Crippen LogP contribution in [0.3, 0.4) is 0 Å². The molecule has 13 rings (SSSR count). The predicted octanol–water partition coefficient (Wildman–Crippen LogP) is 17.1. The zero-order valence-corrected chi connectivity index (χ0v) is 37.8. The van der Waals surface area contributed by atoms with E-state index in [0.29, 0.717) is 5.82 Å². The molecule has 2 heteroatoms. The van der Waals surface area contributed by atoms with Crippen LogP contribution in [0.15, 0.2) is 267 Å². The highest BCUT2D eigenvalue weighted by Gasteiger charge is 2.46. The van der Waals surface area contributed by atoms with Gasteiger partial charge in [-0.25, -0.2) is 9.97 Å². The highest BCUT2D eigenvalue weighted by Crippen LogP contribution is 2.56. The van der Waals surface area contributed by atoms with Gasteiger partial charge in [-0.05, 0) is 107 Å². The summed E-state index contributed by atoms with van der Waals surface area (Å²) >= 11 is 0. The second-order valence-corrected chi connectivity index (χ2v) is 18.0. The van der Waals surface area contributed by atoms with Crippen LogP contribution in [-0.4, -0.2) is 9.97 Å². The topological polar surface area (TPSA) is 25.8 Å². The molecule has 0 saturated carbocycles. The van der Waals surface area contributed by atoms with E-state index in [-0.39, 0.29) is 0 Å². The number of hydrogen-bond donors (Lipinski definition) is 0. The lowest BCUT2D eigenvalue weighted by molar-refractivity contribution is 0.769. The summed E-state index contributed by atoms with van der Waals surface area (Å²) in [6.45, 7) is 0. The Morgan fingerprint density at radius 3 is 1.49 bits per heavy atom. The molecule has 0 fully saturated rings. The van der Waals surface area contributed by atoms with E-state index in [1.54, 1.807) is 0 Å². The third-order valence-electron chi connectivity index (χ3n) is 14.2. The van der Waals surface area contributed by atoms with Crippen LogP contribution in [0.1, 0.15) is 22.3 Å². The van der Waals surface area contributed by atoms with Gasteiger partial charge in [0.15, 0.2) is 5.82 Å². The maximum atomic E-state index is 5.29. The van der Waals surface area contributed by atoms with Crippen molar-refractivity contribution < 1.29 is 0 Å². The lowest BCUT2D eigenvalue weighted by Gasteiger charge is -2.34. The van der Waals surface area contributed by atoms with E-state index < -0.39 is 5.41 Å². The minimum absolute atomic E-state index is 0.462. The van der Waals surface area contributed by atoms with Gasteiger partial charge in [0, 0.05) is 16.7 Å². The van der Waals surface area contributed by atoms with Crippen molar-refractivity contribution in [3.8, 4) is 78.4 Å². The first-order chi connectivity index (χ1) is 34.2. The molecule has 11 aromatic carbocycles. The van der Waals surface area contributed by atoms with Gasteiger partial charge < -0.3 is 0 Å². The fourth-order valence-electron chi connectivity index (χ4n) is 11.0. The fraction of sp³-hybridized carbons (Fsp3) is 0.0149. The summed E-state index contributed by atoms with van der Waals surface area (Å²) in [7, 11) is 0. The van der Waals surface area contributed by atoms with Gasteiger partial charge in [0.05, 0.1) is 16.8 Å².